The van der Waals surface area contributed by atoms with Gasteiger partial charge < -0.3 is 10.6 Å². The summed E-state index contributed by atoms with van der Waals surface area (Å²) in [4.78, 5) is 11.8. The van der Waals surface area contributed by atoms with E-state index in [9.17, 15) is 4.79 Å². The lowest BCUT2D eigenvalue weighted by Crippen LogP contribution is -2.17. The standard InChI is InChI=1S/C18H15N7O/c1-20-18(26)14-4-2-3-13(9-14)12-5-7-16(8-6-12)21-11-15(10-19)17-22-24-25-23-17/h2-9,11,21H,1H3,(H,20,26)(H,22,23,24,25). The lowest BCUT2D eigenvalue weighted by Gasteiger charge is -2.07. The minimum atomic E-state index is -0.124. The molecule has 1 amide bonds. The van der Waals surface area contributed by atoms with E-state index in [4.69, 9.17) is 5.26 Å². The topological polar surface area (TPSA) is 119 Å². The Morgan fingerprint density at radius 2 is 2.00 bits per heavy atom. The van der Waals surface area contributed by atoms with Crippen LogP contribution in [0.1, 0.15) is 16.2 Å². The van der Waals surface area contributed by atoms with Crippen LogP contribution >= 0.6 is 0 Å². The monoisotopic (exact) mass is 345 g/mol. The number of amides is 1. The van der Waals surface area contributed by atoms with E-state index in [-0.39, 0.29) is 17.3 Å². The molecule has 0 aliphatic heterocycles. The van der Waals surface area contributed by atoms with E-state index in [1.807, 2.05) is 48.5 Å². The van der Waals surface area contributed by atoms with Crippen molar-refractivity contribution in [3.63, 3.8) is 0 Å². The van der Waals surface area contributed by atoms with E-state index in [2.05, 4.69) is 31.3 Å². The van der Waals surface area contributed by atoms with Crippen LogP contribution < -0.4 is 10.6 Å². The number of tetrazole rings is 1. The molecule has 3 aromatic rings. The second-order valence-electron chi connectivity index (χ2n) is 5.29. The van der Waals surface area contributed by atoms with Crippen LogP contribution in [0.3, 0.4) is 0 Å². The summed E-state index contributed by atoms with van der Waals surface area (Å²) in [7, 11) is 1.60. The maximum Gasteiger partial charge on any atom is 0.251 e. The number of hydrogen-bond acceptors (Lipinski definition) is 6. The van der Waals surface area contributed by atoms with Crippen molar-refractivity contribution in [2.24, 2.45) is 0 Å². The van der Waals surface area contributed by atoms with Crippen LogP contribution in [0, 0.1) is 11.3 Å². The van der Waals surface area contributed by atoms with Crippen LogP contribution in [0.2, 0.25) is 0 Å². The average Bonchev–Trinajstić information content (AvgIpc) is 3.23. The van der Waals surface area contributed by atoms with Gasteiger partial charge in [-0.25, -0.2) is 0 Å². The zero-order valence-electron chi connectivity index (χ0n) is 13.9. The lowest BCUT2D eigenvalue weighted by atomic mass is 10.0. The number of aromatic amines is 1. The van der Waals surface area contributed by atoms with Gasteiger partial charge in [0.05, 0.1) is 0 Å². The number of benzene rings is 2. The summed E-state index contributed by atoms with van der Waals surface area (Å²) in [6, 6.07) is 17.0. The molecule has 1 aromatic heterocycles. The van der Waals surface area contributed by atoms with Crippen molar-refractivity contribution in [2.75, 3.05) is 12.4 Å². The number of carbonyl (C=O) groups excluding carboxylic acids is 1. The second kappa shape index (κ2) is 7.72. The van der Waals surface area contributed by atoms with Gasteiger partial charge in [0, 0.05) is 24.5 Å². The first-order valence-electron chi connectivity index (χ1n) is 7.74. The number of hydrogen-bond donors (Lipinski definition) is 3. The summed E-state index contributed by atoms with van der Waals surface area (Å²) in [5.74, 6) is 0.100. The number of anilines is 1. The van der Waals surface area contributed by atoms with Crippen LogP contribution in [-0.2, 0) is 0 Å². The summed E-state index contributed by atoms with van der Waals surface area (Å²) in [5, 5.41) is 28.1. The minimum Gasteiger partial charge on any atom is -0.360 e. The van der Waals surface area contributed by atoms with Crippen molar-refractivity contribution in [3.8, 4) is 17.2 Å². The van der Waals surface area contributed by atoms with Crippen molar-refractivity contribution < 1.29 is 4.79 Å². The van der Waals surface area contributed by atoms with Gasteiger partial charge in [0.15, 0.2) is 0 Å². The summed E-state index contributed by atoms with van der Waals surface area (Å²) >= 11 is 0. The Labute approximate surface area is 149 Å². The molecular formula is C18H15N7O. The highest BCUT2D eigenvalue weighted by molar-refractivity contribution is 5.95. The highest BCUT2D eigenvalue weighted by atomic mass is 16.1. The number of nitrogens with one attached hydrogen (secondary N) is 3. The Morgan fingerprint density at radius 3 is 2.65 bits per heavy atom. The first kappa shape index (κ1) is 16.9. The first-order valence-corrected chi connectivity index (χ1v) is 7.74. The highest BCUT2D eigenvalue weighted by Crippen LogP contribution is 2.23. The zero-order chi connectivity index (χ0) is 18.4. The maximum atomic E-state index is 11.8. The van der Waals surface area contributed by atoms with Crippen molar-refractivity contribution in [3.05, 3.63) is 66.1 Å². The van der Waals surface area contributed by atoms with Gasteiger partial charge in [-0.15, -0.1) is 10.2 Å². The SMILES string of the molecule is CNC(=O)c1cccc(-c2ccc(NC=C(C#N)c3nn[nH]n3)cc2)c1. The van der Waals surface area contributed by atoms with E-state index >= 15 is 0 Å². The van der Waals surface area contributed by atoms with Gasteiger partial charge in [-0.2, -0.15) is 10.5 Å². The Balaban J connectivity index is 1.77. The third kappa shape index (κ3) is 3.73. The molecular weight excluding hydrogens is 330 g/mol. The van der Waals surface area contributed by atoms with E-state index in [0.29, 0.717) is 5.56 Å². The average molecular weight is 345 g/mol. The normalized spacial score (nSPS) is 10.8. The third-order valence-corrected chi connectivity index (χ3v) is 3.66. The number of H-pyrrole nitrogens is 1. The molecule has 8 heteroatoms. The van der Waals surface area contributed by atoms with Crippen LogP contribution in [0.15, 0.2) is 54.7 Å². The first-order chi connectivity index (χ1) is 12.7. The van der Waals surface area contributed by atoms with E-state index in [1.165, 1.54) is 6.20 Å². The van der Waals surface area contributed by atoms with Gasteiger partial charge in [-0.05, 0) is 40.6 Å². The second-order valence-corrected chi connectivity index (χ2v) is 5.29. The molecule has 0 fully saturated rings. The van der Waals surface area contributed by atoms with Crippen molar-refractivity contribution in [1.82, 2.24) is 25.9 Å². The fourth-order valence-electron chi connectivity index (χ4n) is 2.32. The van der Waals surface area contributed by atoms with Crippen LogP contribution in [0.4, 0.5) is 5.69 Å². The summed E-state index contributed by atoms with van der Waals surface area (Å²) in [6.45, 7) is 0. The van der Waals surface area contributed by atoms with E-state index in [1.54, 1.807) is 13.1 Å². The smallest absolute Gasteiger partial charge is 0.251 e. The molecule has 1 heterocycles. The Morgan fingerprint density at radius 1 is 1.19 bits per heavy atom. The molecule has 2 aromatic carbocycles. The molecule has 0 aliphatic rings. The number of nitriles is 1. The van der Waals surface area contributed by atoms with Gasteiger partial charge in [-0.3, -0.25) is 4.79 Å². The predicted molar refractivity (Wildman–Crippen MR) is 96.7 cm³/mol. The molecule has 128 valence electrons. The molecule has 0 saturated carbocycles. The Hall–Kier alpha value is -3.99. The van der Waals surface area contributed by atoms with E-state index < -0.39 is 0 Å². The van der Waals surface area contributed by atoms with Gasteiger partial charge in [-0.1, -0.05) is 24.3 Å². The molecule has 0 aliphatic carbocycles. The third-order valence-electron chi connectivity index (χ3n) is 3.66. The number of carbonyl (C=O) groups is 1. The molecule has 0 unspecified atom stereocenters. The molecule has 26 heavy (non-hydrogen) atoms. The molecule has 0 radical (unpaired) electrons. The minimum absolute atomic E-state index is 0.124. The van der Waals surface area contributed by atoms with Crippen LogP contribution in [0.5, 0.6) is 0 Å². The van der Waals surface area contributed by atoms with Crippen LogP contribution in [0.25, 0.3) is 16.7 Å². The molecule has 3 N–H and O–H groups in total. The predicted octanol–water partition coefficient (Wildman–Crippen LogP) is 2.20. The summed E-state index contributed by atoms with van der Waals surface area (Å²) in [6.07, 6.45) is 1.52. The van der Waals surface area contributed by atoms with Crippen LogP contribution in [-0.4, -0.2) is 33.6 Å². The van der Waals surface area contributed by atoms with Gasteiger partial charge in [0.1, 0.15) is 11.6 Å². The zero-order valence-corrected chi connectivity index (χ0v) is 13.9. The molecule has 3 rings (SSSR count). The molecule has 0 spiro atoms. The van der Waals surface area contributed by atoms with Gasteiger partial charge in [0.25, 0.3) is 5.91 Å². The van der Waals surface area contributed by atoms with Crippen molar-refractivity contribution >= 4 is 17.2 Å². The number of nitrogens with zero attached hydrogens (tertiary/aromatic N) is 4. The Kier molecular flexibility index (Phi) is 5.00. The largest absolute Gasteiger partial charge is 0.360 e. The van der Waals surface area contributed by atoms with E-state index in [0.717, 1.165) is 16.8 Å². The molecule has 0 atom stereocenters. The van der Waals surface area contributed by atoms with Crippen molar-refractivity contribution in [1.29, 1.82) is 5.26 Å². The fraction of sp³-hybridized carbons (Fsp3) is 0.0556. The summed E-state index contributed by atoms with van der Waals surface area (Å²) in [5.41, 5.74) is 3.59. The lowest BCUT2D eigenvalue weighted by molar-refractivity contribution is 0.0963. The Bertz CT molecular complexity index is 970. The molecule has 0 bridgehead atoms. The number of allylic oxidation sites excluding steroid dienone is 1. The fourth-order valence-corrected chi connectivity index (χ4v) is 2.32. The summed E-state index contributed by atoms with van der Waals surface area (Å²) < 4.78 is 0. The van der Waals surface area contributed by atoms with Gasteiger partial charge >= 0.3 is 0 Å². The maximum absolute atomic E-state index is 11.8. The molecule has 8 nitrogen and oxygen atoms in total. The quantitative estimate of drug-likeness (QED) is 0.610. The number of rotatable bonds is 5. The van der Waals surface area contributed by atoms with Crippen molar-refractivity contribution in [2.45, 2.75) is 0 Å². The number of aromatic nitrogens is 4. The molecule has 0 saturated heterocycles. The van der Waals surface area contributed by atoms with Gasteiger partial charge in [0.2, 0.25) is 5.82 Å². The highest BCUT2D eigenvalue weighted by Gasteiger charge is 2.06.